The van der Waals surface area contributed by atoms with E-state index in [1.54, 1.807) is 6.26 Å². The van der Waals surface area contributed by atoms with E-state index in [0.717, 1.165) is 51.3 Å². The summed E-state index contributed by atoms with van der Waals surface area (Å²) < 4.78 is 5.39. The van der Waals surface area contributed by atoms with Crippen LogP contribution in [-0.4, -0.2) is 54.5 Å². The van der Waals surface area contributed by atoms with Crippen LogP contribution in [0.15, 0.2) is 22.8 Å². The van der Waals surface area contributed by atoms with Gasteiger partial charge in [-0.25, -0.2) is 0 Å². The minimum absolute atomic E-state index is 0.200. The molecule has 0 atom stereocenters. The summed E-state index contributed by atoms with van der Waals surface area (Å²) in [6.45, 7) is 5.33. The van der Waals surface area contributed by atoms with E-state index in [4.69, 9.17) is 4.42 Å². The van der Waals surface area contributed by atoms with Crippen LogP contribution in [0.5, 0.6) is 0 Å². The molecule has 1 aromatic heterocycles. The van der Waals surface area contributed by atoms with Crippen LogP contribution in [0, 0.1) is 0 Å². The third-order valence-electron chi connectivity index (χ3n) is 4.76. The highest BCUT2D eigenvalue weighted by Gasteiger charge is 2.21. The topological polar surface area (TPSA) is 48.7 Å². The van der Waals surface area contributed by atoms with Crippen LogP contribution in [0.4, 0.5) is 0 Å². The van der Waals surface area contributed by atoms with Crippen molar-refractivity contribution in [2.75, 3.05) is 32.7 Å². The quantitative estimate of drug-likeness (QED) is 0.902. The number of furan rings is 1. The second-order valence-electron chi connectivity index (χ2n) is 6.53. The fourth-order valence-corrected chi connectivity index (χ4v) is 3.45. The number of carbonyl (C=O) groups excluding carboxylic acids is 1. The van der Waals surface area contributed by atoms with Gasteiger partial charge < -0.3 is 9.73 Å². The zero-order chi connectivity index (χ0) is 15.2. The summed E-state index contributed by atoms with van der Waals surface area (Å²) in [7, 11) is 0. The van der Waals surface area contributed by atoms with Crippen molar-refractivity contribution < 1.29 is 9.21 Å². The van der Waals surface area contributed by atoms with Crippen LogP contribution < -0.4 is 5.32 Å². The van der Waals surface area contributed by atoms with Gasteiger partial charge in [-0.3, -0.25) is 14.6 Å². The van der Waals surface area contributed by atoms with Gasteiger partial charge in [0.25, 0.3) is 0 Å². The second kappa shape index (κ2) is 7.79. The molecule has 2 heterocycles. The zero-order valence-electron chi connectivity index (χ0n) is 13.3. The van der Waals surface area contributed by atoms with Gasteiger partial charge in [0.2, 0.25) is 5.91 Å². The highest BCUT2D eigenvalue weighted by atomic mass is 16.3. The molecule has 1 N–H and O–H groups in total. The van der Waals surface area contributed by atoms with Crippen LogP contribution in [0.3, 0.4) is 0 Å². The highest BCUT2D eigenvalue weighted by molar-refractivity contribution is 5.78. The zero-order valence-corrected chi connectivity index (χ0v) is 13.3. The van der Waals surface area contributed by atoms with E-state index in [1.165, 1.54) is 19.3 Å². The van der Waals surface area contributed by atoms with E-state index >= 15 is 0 Å². The predicted molar refractivity (Wildman–Crippen MR) is 85.4 cm³/mol. The third-order valence-corrected chi connectivity index (χ3v) is 4.76. The first-order valence-electron chi connectivity index (χ1n) is 8.56. The van der Waals surface area contributed by atoms with Crippen LogP contribution in [0.25, 0.3) is 0 Å². The van der Waals surface area contributed by atoms with E-state index in [0.29, 0.717) is 12.6 Å². The minimum atomic E-state index is 0.200. The van der Waals surface area contributed by atoms with E-state index in [1.807, 2.05) is 12.1 Å². The Labute approximate surface area is 132 Å². The molecule has 22 heavy (non-hydrogen) atoms. The van der Waals surface area contributed by atoms with Crippen molar-refractivity contribution in [1.29, 1.82) is 0 Å². The molecule has 5 heteroatoms. The van der Waals surface area contributed by atoms with Gasteiger partial charge in [0.05, 0.1) is 19.4 Å². The Hall–Kier alpha value is -1.33. The molecule has 0 bridgehead atoms. The summed E-state index contributed by atoms with van der Waals surface area (Å²) in [5.74, 6) is 1.22. The van der Waals surface area contributed by atoms with Gasteiger partial charge in [-0.15, -0.1) is 0 Å². The standard InChI is InChI=1S/C17H27N3O2/c21-17(18-15-5-2-1-3-6-15)14-20-10-8-19(9-11-20)13-16-7-4-12-22-16/h4,7,12,15H,1-3,5-6,8-11,13-14H2,(H,18,21). The molecule has 1 amide bonds. The van der Waals surface area contributed by atoms with Gasteiger partial charge in [-0.1, -0.05) is 19.3 Å². The number of hydrogen-bond acceptors (Lipinski definition) is 4. The Kier molecular flexibility index (Phi) is 5.51. The summed E-state index contributed by atoms with van der Waals surface area (Å²) >= 11 is 0. The molecule has 5 nitrogen and oxygen atoms in total. The molecule has 3 rings (SSSR count). The lowest BCUT2D eigenvalue weighted by Gasteiger charge is -2.34. The molecule has 0 spiro atoms. The number of hydrogen-bond donors (Lipinski definition) is 1. The third kappa shape index (κ3) is 4.58. The number of nitrogens with one attached hydrogen (secondary N) is 1. The highest BCUT2D eigenvalue weighted by Crippen LogP contribution is 2.17. The van der Waals surface area contributed by atoms with Crippen molar-refractivity contribution in [3.05, 3.63) is 24.2 Å². The Balaban J connectivity index is 1.35. The normalized spacial score (nSPS) is 21.8. The molecular weight excluding hydrogens is 278 g/mol. The molecule has 1 saturated carbocycles. The van der Waals surface area contributed by atoms with E-state index < -0.39 is 0 Å². The van der Waals surface area contributed by atoms with Crippen molar-refractivity contribution in [3.8, 4) is 0 Å². The van der Waals surface area contributed by atoms with E-state index in [9.17, 15) is 4.79 Å². The number of piperazine rings is 1. The number of carbonyl (C=O) groups is 1. The van der Waals surface area contributed by atoms with Crippen molar-refractivity contribution in [1.82, 2.24) is 15.1 Å². The van der Waals surface area contributed by atoms with E-state index in [-0.39, 0.29) is 5.91 Å². The summed E-state index contributed by atoms with van der Waals surface area (Å²) in [5, 5.41) is 3.20. The molecule has 2 aliphatic rings. The van der Waals surface area contributed by atoms with Crippen molar-refractivity contribution in [2.24, 2.45) is 0 Å². The fraction of sp³-hybridized carbons (Fsp3) is 0.706. The Morgan fingerprint density at radius 3 is 2.55 bits per heavy atom. The maximum absolute atomic E-state index is 12.1. The molecule has 0 radical (unpaired) electrons. The molecule has 2 fully saturated rings. The van der Waals surface area contributed by atoms with Gasteiger partial charge in [0, 0.05) is 32.2 Å². The predicted octanol–water partition coefficient (Wildman–Crippen LogP) is 1.85. The fourth-order valence-electron chi connectivity index (χ4n) is 3.45. The van der Waals surface area contributed by atoms with Crippen LogP contribution >= 0.6 is 0 Å². The summed E-state index contributed by atoms with van der Waals surface area (Å²) in [6, 6.07) is 4.37. The lowest BCUT2D eigenvalue weighted by atomic mass is 9.95. The van der Waals surface area contributed by atoms with Crippen LogP contribution in [-0.2, 0) is 11.3 Å². The molecule has 122 valence electrons. The number of amides is 1. The Bertz CT molecular complexity index is 446. The lowest BCUT2D eigenvalue weighted by molar-refractivity contribution is -0.123. The maximum atomic E-state index is 12.1. The van der Waals surface area contributed by atoms with Gasteiger partial charge in [0.1, 0.15) is 5.76 Å². The molecular formula is C17H27N3O2. The molecule has 0 aromatic carbocycles. The minimum Gasteiger partial charge on any atom is -0.468 e. The molecule has 1 aliphatic carbocycles. The molecule has 1 saturated heterocycles. The van der Waals surface area contributed by atoms with Crippen molar-refractivity contribution in [3.63, 3.8) is 0 Å². The SMILES string of the molecule is O=C(CN1CCN(Cc2ccco2)CC1)NC1CCCCC1. The molecule has 1 aromatic rings. The van der Waals surface area contributed by atoms with Crippen molar-refractivity contribution in [2.45, 2.75) is 44.7 Å². The Morgan fingerprint density at radius 1 is 1.14 bits per heavy atom. The number of rotatable bonds is 5. The summed E-state index contributed by atoms with van der Waals surface area (Å²) in [5.41, 5.74) is 0. The van der Waals surface area contributed by atoms with Crippen LogP contribution in [0.2, 0.25) is 0 Å². The first-order valence-corrected chi connectivity index (χ1v) is 8.56. The first-order chi connectivity index (χ1) is 10.8. The van der Waals surface area contributed by atoms with Crippen molar-refractivity contribution >= 4 is 5.91 Å². The first kappa shape index (κ1) is 15.6. The van der Waals surface area contributed by atoms with E-state index in [2.05, 4.69) is 15.1 Å². The molecule has 0 unspecified atom stereocenters. The Morgan fingerprint density at radius 2 is 1.86 bits per heavy atom. The number of nitrogens with zero attached hydrogens (tertiary/aromatic N) is 2. The summed E-state index contributed by atoms with van der Waals surface area (Å²) in [4.78, 5) is 16.8. The molecule has 1 aliphatic heterocycles. The lowest BCUT2D eigenvalue weighted by Crippen LogP contribution is -2.50. The smallest absolute Gasteiger partial charge is 0.234 e. The summed E-state index contributed by atoms with van der Waals surface area (Å²) in [6.07, 6.45) is 7.88. The van der Waals surface area contributed by atoms with Gasteiger partial charge >= 0.3 is 0 Å². The average Bonchev–Trinajstić information content (AvgIpc) is 3.03. The maximum Gasteiger partial charge on any atom is 0.234 e. The average molecular weight is 305 g/mol. The largest absolute Gasteiger partial charge is 0.468 e. The second-order valence-corrected chi connectivity index (χ2v) is 6.53. The van der Waals surface area contributed by atoms with Gasteiger partial charge in [0.15, 0.2) is 0 Å². The van der Waals surface area contributed by atoms with Gasteiger partial charge in [-0.2, -0.15) is 0 Å². The monoisotopic (exact) mass is 305 g/mol. The van der Waals surface area contributed by atoms with Crippen LogP contribution in [0.1, 0.15) is 37.9 Å². The van der Waals surface area contributed by atoms with Gasteiger partial charge in [-0.05, 0) is 25.0 Å².